The van der Waals surface area contributed by atoms with E-state index in [4.69, 9.17) is 0 Å². The van der Waals surface area contributed by atoms with Crippen molar-refractivity contribution in [3.05, 3.63) is 69.3 Å². The van der Waals surface area contributed by atoms with Crippen LogP contribution in [0.25, 0.3) is 0 Å². The summed E-state index contributed by atoms with van der Waals surface area (Å²) in [5.41, 5.74) is 1.83. The van der Waals surface area contributed by atoms with Gasteiger partial charge in [-0.1, -0.05) is 6.07 Å². The van der Waals surface area contributed by atoms with E-state index in [-0.39, 0.29) is 11.9 Å². The first-order valence-electron chi connectivity index (χ1n) is 6.53. The lowest BCUT2D eigenvalue weighted by Crippen LogP contribution is -2.07. The summed E-state index contributed by atoms with van der Waals surface area (Å²) in [5.74, 6) is -1.13. The lowest BCUT2D eigenvalue weighted by Gasteiger charge is -2.15. The van der Waals surface area contributed by atoms with Crippen LogP contribution < -0.4 is 5.32 Å². The zero-order valence-electron chi connectivity index (χ0n) is 11.0. The maximum Gasteiger partial charge on any atom is 0.306 e. The number of benzene rings is 2. The summed E-state index contributed by atoms with van der Waals surface area (Å²) in [4.78, 5) is 9.99. The Kier molecular flexibility index (Phi) is 3.29. The second-order valence-electron chi connectivity index (χ2n) is 5.00. The van der Waals surface area contributed by atoms with E-state index >= 15 is 0 Å². The minimum atomic E-state index is -0.862. The minimum absolute atomic E-state index is 0.0503. The van der Waals surface area contributed by atoms with E-state index in [0.29, 0.717) is 5.69 Å². The van der Waals surface area contributed by atoms with Gasteiger partial charge in [0.05, 0.1) is 11.0 Å². The van der Waals surface area contributed by atoms with Crippen molar-refractivity contribution in [2.75, 3.05) is 5.32 Å². The number of nitrogens with zero attached hydrogens (tertiary/aromatic N) is 1. The van der Waals surface area contributed by atoms with Crippen LogP contribution in [0.1, 0.15) is 23.6 Å². The van der Waals surface area contributed by atoms with Gasteiger partial charge >= 0.3 is 5.69 Å². The summed E-state index contributed by atoms with van der Waals surface area (Å²) >= 11 is 0. The van der Waals surface area contributed by atoms with Gasteiger partial charge in [-0.3, -0.25) is 10.1 Å². The molecule has 1 unspecified atom stereocenters. The van der Waals surface area contributed by atoms with Crippen molar-refractivity contribution in [3.8, 4) is 0 Å². The molecule has 1 atom stereocenters. The van der Waals surface area contributed by atoms with Gasteiger partial charge in [0.1, 0.15) is 5.82 Å². The third-order valence-corrected chi connectivity index (χ3v) is 3.67. The van der Waals surface area contributed by atoms with Crippen LogP contribution in [0.3, 0.4) is 0 Å². The van der Waals surface area contributed by atoms with E-state index < -0.39 is 16.4 Å². The molecule has 2 aromatic carbocycles. The molecule has 0 aromatic heterocycles. The van der Waals surface area contributed by atoms with Crippen molar-refractivity contribution in [1.82, 2.24) is 0 Å². The van der Waals surface area contributed by atoms with E-state index in [1.54, 1.807) is 6.07 Å². The summed E-state index contributed by atoms with van der Waals surface area (Å²) in [6.07, 6.45) is 1.51. The molecule has 4 nitrogen and oxygen atoms in total. The van der Waals surface area contributed by atoms with Crippen LogP contribution in [-0.4, -0.2) is 4.92 Å². The molecule has 0 amide bonds. The topological polar surface area (TPSA) is 55.2 Å². The SMILES string of the molecule is O=[N+]([O-])c1cc(NC2CCc3cc(F)ccc32)ccc1F. The lowest BCUT2D eigenvalue weighted by atomic mass is 10.1. The van der Waals surface area contributed by atoms with Gasteiger partial charge < -0.3 is 5.32 Å². The normalized spacial score (nSPS) is 16.6. The molecule has 0 saturated heterocycles. The molecule has 0 heterocycles. The number of hydrogen-bond donors (Lipinski definition) is 1. The van der Waals surface area contributed by atoms with E-state index in [9.17, 15) is 18.9 Å². The van der Waals surface area contributed by atoms with Crippen molar-refractivity contribution in [2.45, 2.75) is 18.9 Å². The van der Waals surface area contributed by atoms with Gasteiger partial charge in [0, 0.05) is 11.8 Å². The zero-order valence-corrected chi connectivity index (χ0v) is 11.0. The van der Waals surface area contributed by atoms with Crippen LogP contribution in [0.15, 0.2) is 36.4 Å². The first-order chi connectivity index (χ1) is 10.0. The molecule has 1 aliphatic rings. The average Bonchev–Trinajstić information content (AvgIpc) is 2.83. The number of rotatable bonds is 3. The molecular weight excluding hydrogens is 278 g/mol. The van der Waals surface area contributed by atoms with Gasteiger partial charge in [-0.05, 0) is 48.2 Å². The van der Waals surface area contributed by atoms with Gasteiger partial charge in [0.25, 0.3) is 0 Å². The number of halogens is 2. The second kappa shape index (κ2) is 5.12. The maximum absolute atomic E-state index is 13.3. The Morgan fingerprint density at radius 3 is 2.76 bits per heavy atom. The number of anilines is 1. The summed E-state index contributed by atoms with van der Waals surface area (Å²) in [5, 5.41) is 13.9. The average molecular weight is 290 g/mol. The van der Waals surface area contributed by atoms with Crippen LogP contribution in [0, 0.1) is 21.7 Å². The molecule has 108 valence electrons. The Hall–Kier alpha value is -2.50. The van der Waals surface area contributed by atoms with Gasteiger partial charge in [-0.25, -0.2) is 4.39 Å². The molecule has 0 spiro atoms. The number of hydrogen-bond acceptors (Lipinski definition) is 3. The van der Waals surface area contributed by atoms with Crippen molar-refractivity contribution >= 4 is 11.4 Å². The Bertz CT molecular complexity index is 719. The zero-order chi connectivity index (χ0) is 15.0. The first-order valence-corrected chi connectivity index (χ1v) is 6.53. The summed E-state index contributed by atoms with van der Waals surface area (Å²) < 4.78 is 26.5. The highest BCUT2D eigenvalue weighted by atomic mass is 19.1. The fourth-order valence-corrected chi connectivity index (χ4v) is 2.68. The van der Waals surface area contributed by atoms with Crippen LogP contribution in [0.2, 0.25) is 0 Å². The van der Waals surface area contributed by atoms with Crippen LogP contribution >= 0.6 is 0 Å². The predicted octanol–water partition coefficient (Wildman–Crippen LogP) is 3.97. The Balaban J connectivity index is 1.86. The molecule has 0 aliphatic heterocycles. The number of nitrogens with one attached hydrogen (secondary N) is 1. The molecule has 1 aliphatic carbocycles. The van der Waals surface area contributed by atoms with E-state index in [1.165, 1.54) is 24.3 Å². The number of fused-ring (bicyclic) bond motifs is 1. The Labute approximate surface area is 119 Å². The molecule has 6 heteroatoms. The van der Waals surface area contributed by atoms with Crippen molar-refractivity contribution in [2.24, 2.45) is 0 Å². The molecular formula is C15H12F2N2O2. The maximum atomic E-state index is 13.3. The predicted molar refractivity (Wildman–Crippen MR) is 74.1 cm³/mol. The summed E-state index contributed by atoms with van der Waals surface area (Å²) in [6, 6.07) is 8.27. The highest BCUT2D eigenvalue weighted by Gasteiger charge is 2.23. The second-order valence-corrected chi connectivity index (χ2v) is 5.00. The first kappa shape index (κ1) is 13.5. The monoisotopic (exact) mass is 290 g/mol. The Morgan fingerprint density at radius 1 is 1.19 bits per heavy atom. The molecule has 0 radical (unpaired) electrons. The highest BCUT2D eigenvalue weighted by Crippen LogP contribution is 2.35. The minimum Gasteiger partial charge on any atom is -0.378 e. The standard InChI is InChI=1S/C15H12F2N2O2/c16-10-2-4-12-9(7-10)1-6-14(12)18-11-3-5-13(17)15(8-11)19(20)21/h2-5,7-8,14,18H,1,6H2. The molecule has 3 rings (SSSR count). The number of nitro groups is 1. The molecule has 0 saturated carbocycles. The molecule has 0 fully saturated rings. The van der Waals surface area contributed by atoms with E-state index in [1.807, 2.05) is 0 Å². The fraction of sp³-hybridized carbons (Fsp3) is 0.200. The van der Waals surface area contributed by atoms with Crippen LogP contribution in [0.5, 0.6) is 0 Å². The molecule has 0 bridgehead atoms. The van der Waals surface area contributed by atoms with Crippen molar-refractivity contribution in [1.29, 1.82) is 0 Å². The van der Waals surface area contributed by atoms with Crippen LogP contribution in [-0.2, 0) is 6.42 Å². The van der Waals surface area contributed by atoms with Crippen molar-refractivity contribution < 1.29 is 13.7 Å². The van der Waals surface area contributed by atoms with Gasteiger partial charge in [-0.15, -0.1) is 0 Å². The van der Waals surface area contributed by atoms with E-state index in [2.05, 4.69) is 5.32 Å². The van der Waals surface area contributed by atoms with Gasteiger partial charge in [0.2, 0.25) is 5.82 Å². The quantitative estimate of drug-likeness (QED) is 0.687. The molecule has 1 N–H and O–H groups in total. The van der Waals surface area contributed by atoms with Gasteiger partial charge in [0.15, 0.2) is 0 Å². The Morgan fingerprint density at radius 2 is 2.00 bits per heavy atom. The molecule has 21 heavy (non-hydrogen) atoms. The number of nitro benzene ring substituents is 1. The third kappa shape index (κ3) is 2.56. The van der Waals surface area contributed by atoms with E-state index in [0.717, 1.165) is 30.0 Å². The lowest BCUT2D eigenvalue weighted by molar-refractivity contribution is -0.387. The summed E-state index contributed by atoms with van der Waals surface area (Å²) in [6.45, 7) is 0. The van der Waals surface area contributed by atoms with Gasteiger partial charge in [-0.2, -0.15) is 4.39 Å². The van der Waals surface area contributed by atoms with Crippen molar-refractivity contribution in [3.63, 3.8) is 0 Å². The highest BCUT2D eigenvalue weighted by molar-refractivity contribution is 5.54. The third-order valence-electron chi connectivity index (χ3n) is 3.67. The number of aryl methyl sites for hydroxylation is 1. The van der Waals surface area contributed by atoms with Crippen LogP contribution in [0.4, 0.5) is 20.2 Å². The smallest absolute Gasteiger partial charge is 0.306 e. The largest absolute Gasteiger partial charge is 0.378 e. The summed E-state index contributed by atoms with van der Waals surface area (Å²) in [7, 11) is 0. The molecule has 2 aromatic rings. The fourth-order valence-electron chi connectivity index (χ4n) is 2.68.